The molecule has 0 aliphatic carbocycles. The fourth-order valence-electron chi connectivity index (χ4n) is 2.63. The minimum Gasteiger partial charge on any atom is -0.378 e. The van der Waals surface area contributed by atoms with Crippen LogP contribution in [0.2, 0.25) is 0 Å². The van der Waals surface area contributed by atoms with Crippen molar-refractivity contribution in [3.05, 3.63) is 47.9 Å². The molecule has 25 heavy (non-hydrogen) atoms. The van der Waals surface area contributed by atoms with Crippen LogP contribution in [-0.2, 0) is 11.3 Å². The molecular weight excluding hydrogens is 318 g/mol. The van der Waals surface area contributed by atoms with Crippen molar-refractivity contribution >= 4 is 17.4 Å². The fraction of sp³-hybridized carbons (Fsp3) is 0.389. The Morgan fingerprint density at radius 3 is 2.84 bits per heavy atom. The van der Waals surface area contributed by atoms with Crippen LogP contribution in [0.1, 0.15) is 16.2 Å². The molecule has 2 heterocycles. The van der Waals surface area contributed by atoms with E-state index in [0.717, 1.165) is 24.6 Å². The highest BCUT2D eigenvalue weighted by Gasteiger charge is 2.13. The van der Waals surface area contributed by atoms with Gasteiger partial charge >= 0.3 is 0 Å². The first kappa shape index (κ1) is 17.2. The van der Waals surface area contributed by atoms with Crippen LogP contribution in [0.5, 0.6) is 0 Å². The van der Waals surface area contributed by atoms with Crippen molar-refractivity contribution in [1.29, 1.82) is 0 Å². The van der Waals surface area contributed by atoms with Crippen LogP contribution < -0.4 is 15.1 Å². The molecule has 0 spiro atoms. The highest BCUT2D eigenvalue weighted by Crippen LogP contribution is 2.14. The molecule has 0 bridgehead atoms. The molecule has 0 radical (unpaired) electrons. The van der Waals surface area contributed by atoms with E-state index in [4.69, 9.17) is 4.74 Å². The number of carbonyl (C=O) groups excluding carboxylic acids is 1. The lowest BCUT2D eigenvalue weighted by molar-refractivity contribution is 0.0950. The summed E-state index contributed by atoms with van der Waals surface area (Å²) in [6.45, 7) is 3.35. The minimum absolute atomic E-state index is 0.135. The molecule has 1 aromatic heterocycles. The fourth-order valence-corrected chi connectivity index (χ4v) is 2.63. The summed E-state index contributed by atoms with van der Waals surface area (Å²) in [5.74, 6) is 1.34. The number of nitrogens with zero attached hydrogens (tertiary/aromatic N) is 4. The van der Waals surface area contributed by atoms with Gasteiger partial charge in [-0.1, -0.05) is 6.07 Å². The largest absolute Gasteiger partial charge is 0.378 e. The lowest BCUT2D eigenvalue weighted by atomic mass is 10.2. The molecule has 1 saturated heterocycles. The van der Waals surface area contributed by atoms with Gasteiger partial charge in [-0.25, -0.2) is 9.97 Å². The van der Waals surface area contributed by atoms with Crippen LogP contribution in [0.15, 0.2) is 36.5 Å². The first-order chi connectivity index (χ1) is 12.1. The summed E-state index contributed by atoms with van der Waals surface area (Å²) in [6.07, 6.45) is 1.73. The van der Waals surface area contributed by atoms with E-state index in [1.54, 1.807) is 12.3 Å². The number of amides is 1. The molecule has 2 aromatic rings. The van der Waals surface area contributed by atoms with Crippen molar-refractivity contribution < 1.29 is 9.53 Å². The Morgan fingerprint density at radius 2 is 2.08 bits per heavy atom. The molecule has 1 fully saturated rings. The van der Waals surface area contributed by atoms with Crippen LogP contribution in [0.4, 0.5) is 11.5 Å². The molecule has 7 nitrogen and oxygen atoms in total. The zero-order valence-corrected chi connectivity index (χ0v) is 14.6. The minimum atomic E-state index is -0.135. The number of rotatable bonds is 5. The Hall–Kier alpha value is -2.67. The van der Waals surface area contributed by atoms with Gasteiger partial charge in [0.2, 0.25) is 0 Å². The second-order valence-corrected chi connectivity index (χ2v) is 6.06. The third-order valence-corrected chi connectivity index (χ3v) is 4.06. The second kappa shape index (κ2) is 7.94. The number of morpholine rings is 1. The lowest BCUT2D eigenvalue weighted by Crippen LogP contribution is -2.37. The molecule has 1 amide bonds. The van der Waals surface area contributed by atoms with Crippen LogP contribution in [-0.4, -0.2) is 56.3 Å². The number of nitrogens with one attached hydrogen (secondary N) is 1. The summed E-state index contributed by atoms with van der Waals surface area (Å²) in [4.78, 5) is 25.3. The number of carbonyl (C=O) groups is 1. The van der Waals surface area contributed by atoms with Crippen molar-refractivity contribution in [2.75, 3.05) is 50.2 Å². The smallest absolute Gasteiger partial charge is 0.251 e. The molecule has 1 aromatic carbocycles. The molecule has 0 unspecified atom stereocenters. The van der Waals surface area contributed by atoms with Gasteiger partial charge in [-0.2, -0.15) is 0 Å². The summed E-state index contributed by atoms with van der Waals surface area (Å²) in [5.41, 5.74) is 1.61. The molecule has 1 N–H and O–H groups in total. The maximum Gasteiger partial charge on any atom is 0.251 e. The monoisotopic (exact) mass is 341 g/mol. The van der Waals surface area contributed by atoms with Gasteiger partial charge in [-0.05, 0) is 24.3 Å². The van der Waals surface area contributed by atoms with Gasteiger partial charge in [0.1, 0.15) is 11.6 Å². The molecule has 3 rings (SSSR count). The Bertz CT molecular complexity index is 729. The SMILES string of the molecule is CN(C)c1cccc(C(=O)NCc2nccc(N3CCOCC3)n2)c1. The maximum atomic E-state index is 12.4. The molecule has 0 atom stereocenters. The van der Waals surface area contributed by atoms with Crippen molar-refractivity contribution in [3.8, 4) is 0 Å². The Morgan fingerprint density at radius 1 is 1.28 bits per heavy atom. The average Bonchev–Trinajstić information content (AvgIpc) is 2.67. The predicted octanol–water partition coefficient (Wildman–Crippen LogP) is 1.31. The normalized spacial score (nSPS) is 14.2. The topological polar surface area (TPSA) is 70.6 Å². The van der Waals surface area contributed by atoms with Crippen molar-refractivity contribution in [3.63, 3.8) is 0 Å². The zero-order valence-electron chi connectivity index (χ0n) is 14.6. The number of benzene rings is 1. The summed E-state index contributed by atoms with van der Waals surface area (Å²) in [7, 11) is 3.89. The van der Waals surface area contributed by atoms with E-state index in [9.17, 15) is 4.79 Å². The average molecular weight is 341 g/mol. The summed E-state index contributed by atoms with van der Waals surface area (Å²) >= 11 is 0. The molecular formula is C18H23N5O2. The molecule has 132 valence electrons. The van der Waals surface area contributed by atoms with Gasteiger partial charge in [0.05, 0.1) is 19.8 Å². The van der Waals surface area contributed by atoms with E-state index in [0.29, 0.717) is 31.1 Å². The molecule has 0 saturated carbocycles. The van der Waals surface area contributed by atoms with Crippen LogP contribution in [0.3, 0.4) is 0 Å². The van der Waals surface area contributed by atoms with Crippen LogP contribution in [0.25, 0.3) is 0 Å². The summed E-state index contributed by atoms with van der Waals surface area (Å²) in [5, 5.41) is 2.89. The molecule has 1 aliphatic heterocycles. The van der Waals surface area contributed by atoms with Gasteiger partial charge in [-0.3, -0.25) is 4.79 Å². The third kappa shape index (κ3) is 4.45. The highest BCUT2D eigenvalue weighted by atomic mass is 16.5. The Labute approximate surface area is 147 Å². The van der Waals surface area contributed by atoms with E-state index >= 15 is 0 Å². The van der Waals surface area contributed by atoms with E-state index < -0.39 is 0 Å². The predicted molar refractivity (Wildman–Crippen MR) is 97.0 cm³/mol. The van der Waals surface area contributed by atoms with Crippen LogP contribution in [0, 0.1) is 0 Å². The number of ether oxygens (including phenoxy) is 1. The first-order valence-corrected chi connectivity index (χ1v) is 8.34. The quantitative estimate of drug-likeness (QED) is 0.884. The van der Waals surface area contributed by atoms with Gasteiger partial charge in [-0.15, -0.1) is 0 Å². The lowest BCUT2D eigenvalue weighted by Gasteiger charge is -2.27. The van der Waals surface area contributed by atoms with Crippen molar-refractivity contribution in [2.24, 2.45) is 0 Å². The second-order valence-electron chi connectivity index (χ2n) is 6.06. The maximum absolute atomic E-state index is 12.4. The Kier molecular flexibility index (Phi) is 5.45. The number of aromatic nitrogens is 2. The van der Waals surface area contributed by atoms with Gasteiger partial charge < -0.3 is 19.9 Å². The van der Waals surface area contributed by atoms with E-state index in [1.165, 1.54) is 0 Å². The number of hydrogen-bond acceptors (Lipinski definition) is 6. The highest BCUT2D eigenvalue weighted by molar-refractivity contribution is 5.95. The van der Waals surface area contributed by atoms with Gasteiger partial charge in [0.15, 0.2) is 0 Å². The number of anilines is 2. The zero-order chi connectivity index (χ0) is 17.6. The van der Waals surface area contributed by atoms with E-state index in [2.05, 4.69) is 20.2 Å². The standard InChI is InChI=1S/C18H23N5O2/c1-22(2)15-5-3-4-14(12-15)18(24)20-13-16-19-7-6-17(21-16)23-8-10-25-11-9-23/h3-7,12H,8-11,13H2,1-2H3,(H,20,24). The van der Waals surface area contributed by atoms with Crippen LogP contribution >= 0.6 is 0 Å². The Balaban J connectivity index is 1.63. The van der Waals surface area contributed by atoms with Gasteiger partial charge in [0, 0.05) is 44.6 Å². The van der Waals surface area contributed by atoms with Crippen molar-refractivity contribution in [2.45, 2.75) is 6.54 Å². The molecule has 7 heteroatoms. The third-order valence-electron chi connectivity index (χ3n) is 4.06. The van der Waals surface area contributed by atoms with E-state index in [-0.39, 0.29) is 5.91 Å². The van der Waals surface area contributed by atoms with Gasteiger partial charge in [0.25, 0.3) is 5.91 Å². The van der Waals surface area contributed by atoms with Crippen molar-refractivity contribution in [1.82, 2.24) is 15.3 Å². The number of hydrogen-bond donors (Lipinski definition) is 1. The summed E-state index contributed by atoms with van der Waals surface area (Å²) in [6, 6.07) is 9.39. The summed E-state index contributed by atoms with van der Waals surface area (Å²) < 4.78 is 5.36. The first-order valence-electron chi connectivity index (χ1n) is 8.34. The van der Waals surface area contributed by atoms with E-state index in [1.807, 2.05) is 43.3 Å². The molecule has 1 aliphatic rings.